The van der Waals surface area contributed by atoms with Crippen LogP contribution >= 0.6 is 8.03 Å². The number of nitrogens with zero attached hydrogens (tertiary/aromatic N) is 1. The van der Waals surface area contributed by atoms with Crippen molar-refractivity contribution in [3.63, 3.8) is 0 Å². The van der Waals surface area contributed by atoms with E-state index in [1.165, 1.54) is 24.3 Å². The molecule has 0 aliphatic heterocycles. The molecular weight excluding hydrogens is 205 g/mol. The van der Waals surface area contributed by atoms with Crippen molar-refractivity contribution in [3.05, 3.63) is 34.4 Å². The molecule has 0 fully saturated rings. The Morgan fingerprint density at radius 1 is 1.43 bits per heavy atom. The lowest BCUT2D eigenvalue weighted by Gasteiger charge is -2.00. The number of hydrogen-bond acceptors (Lipinski definition) is 4. The Morgan fingerprint density at radius 3 is 2.43 bits per heavy atom. The molecule has 0 aliphatic rings. The maximum absolute atomic E-state index is 11.3. The fourth-order valence-corrected chi connectivity index (χ4v) is 1.80. The predicted molar refractivity (Wildman–Crippen MR) is 53.4 cm³/mol. The number of nitro groups is 1. The molecule has 0 saturated heterocycles. The minimum Gasteiger partial charge on any atom is -0.328 e. The highest BCUT2D eigenvalue weighted by molar-refractivity contribution is 7.48. The first-order valence-electron chi connectivity index (χ1n) is 4.06. The van der Waals surface area contributed by atoms with E-state index in [9.17, 15) is 14.7 Å². The summed E-state index contributed by atoms with van der Waals surface area (Å²) in [7, 11) is -2.23. The van der Waals surface area contributed by atoms with E-state index >= 15 is 0 Å². The van der Waals surface area contributed by atoms with Crippen LogP contribution in [-0.4, -0.2) is 11.5 Å². The Labute approximate surface area is 81.7 Å². The van der Waals surface area contributed by atoms with Gasteiger partial charge in [-0.25, -0.2) is 0 Å². The molecule has 5 nitrogen and oxygen atoms in total. The average Bonchev–Trinajstić information content (AvgIpc) is 2.18. The Kier molecular flexibility index (Phi) is 3.80. The summed E-state index contributed by atoms with van der Waals surface area (Å²) in [5.41, 5.74) is -0.0138. The minimum atomic E-state index is -2.23. The zero-order valence-corrected chi connectivity index (χ0v) is 8.60. The standard InChI is InChI=1S/C8H10NO4P/c1-2-13-14(12)8-5-3-7(4-6-8)9(10)11/h3-6,14H,2H2,1H3. The Morgan fingerprint density at radius 2 is 2.00 bits per heavy atom. The second kappa shape index (κ2) is 4.88. The molecule has 0 bridgehead atoms. The third-order valence-electron chi connectivity index (χ3n) is 1.59. The summed E-state index contributed by atoms with van der Waals surface area (Å²) < 4.78 is 16.2. The van der Waals surface area contributed by atoms with Crippen molar-refractivity contribution in [1.82, 2.24) is 0 Å². The van der Waals surface area contributed by atoms with Crippen molar-refractivity contribution in [2.75, 3.05) is 6.61 Å². The first kappa shape index (κ1) is 10.9. The molecule has 1 atom stereocenters. The molecule has 0 spiro atoms. The van der Waals surface area contributed by atoms with Crippen molar-refractivity contribution in [1.29, 1.82) is 0 Å². The molecule has 0 saturated carbocycles. The van der Waals surface area contributed by atoms with Gasteiger partial charge in [-0.15, -0.1) is 0 Å². The van der Waals surface area contributed by atoms with E-state index in [-0.39, 0.29) is 5.69 Å². The second-order valence-corrected chi connectivity index (χ2v) is 3.97. The maximum atomic E-state index is 11.3. The van der Waals surface area contributed by atoms with Crippen LogP contribution in [-0.2, 0) is 9.09 Å². The van der Waals surface area contributed by atoms with Crippen molar-refractivity contribution >= 4 is 19.0 Å². The van der Waals surface area contributed by atoms with E-state index in [4.69, 9.17) is 4.52 Å². The maximum Gasteiger partial charge on any atom is 0.269 e. The lowest BCUT2D eigenvalue weighted by Crippen LogP contribution is -1.98. The number of nitro benzene ring substituents is 1. The normalized spacial score (nSPS) is 12.4. The Hall–Kier alpha value is -1.19. The van der Waals surface area contributed by atoms with Crippen LogP contribution in [0.25, 0.3) is 0 Å². The summed E-state index contributed by atoms with van der Waals surface area (Å²) in [6.45, 7) is 2.11. The van der Waals surface area contributed by atoms with Gasteiger partial charge in [0.15, 0.2) is 0 Å². The summed E-state index contributed by atoms with van der Waals surface area (Å²) in [6, 6.07) is 5.54. The Balaban J connectivity index is 2.83. The van der Waals surface area contributed by atoms with Gasteiger partial charge in [0, 0.05) is 17.4 Å². The van der Waals surface area contributed by atoms with Gasteiger partial charge < -0.3 is 4.52 Å². The van der Waals surface area contributed by atoms with Gasteiger partial charge in [-0.3, -0.25) is 14.7 Å². The first-order chi connectivity index (χ1) is 6.65. The monoisotopic (exact) mass is 215 g/mol. The molecule has 0 aliphatic carbocycles. The van der Waals surface area contributed by atoms with Crippen LogP contribution in [0.3, 0.4) is 0 Å². The van der Waals surface area contributed by atoms with E-state index < -0.39 is 13.0 Å². The predicted octanol–water partition coefficient (Wildman–Crippen LogP) is 1.73. The van der Waals surface area contributed by atoms with Crippen molar-refractivity contribution in [3.8, 4) is 0 Å². The zero-order valence-electron chi connectivity index (χ0n) is 7.60. The highest BCUT2D eigenvalue weighted by Gasteiger charge is 2.07. The highest BCUT2D eigenvalue weighted by Crippen LogP contribution is 2.22. The highest BCUT2D eigenvalue weighted by atomic mass is 31.1. The van der Waals surface area contributed by atoms with Gasteiger partial charge in [0.05, 0.1) is 11.5 Å². The summed E-state index contributed by atoms with van der Waals surface area (Å²) in [5, 5.41) is 10.8. The summed E-state index contributed by atoms with van der Waals surface area (Å²) in [5.74, 6) is 0. The van der Waals surface area contributed by atoms with Gasteiger partial charge in [-0.1, -0.05) is 0 Å². The van der Waals surface area contributed by atoms with E-state index in [0.717, 1.165) is 0 Å². The van der Waals surface area contributed by atoms with Gasteiger partial charge >= 0.3 is 0 Å². The molecule has 1 rings (SSSR count). The molecule has 6 heteroatoms. The van der Waals surface area contributed by atoms with Crippen molar-refractivity contribution in [2.45, 2.75) is 6.92 Å². The Bertz CT molecular complexity index is 349. The lowest BCUT2D eigenvalue weighted by molar-refractivity contribution is -0.384. The van der Waals surface area contributed by atoms with Crippen LogP contribution in [0.2, 0.25) is 0 Å². The van der Waals surface area contributed by atoms with Crippen LogP contribution < -0.4 is 5.30 Å². The molecule has 0 aromatic heterocycles. The molecule has 14 heavy (non-hydrogen) atoms. The van der Waals surface area contributed by atoms with Crippen molar-refractivity contribution < 1.29 is 14.0 Å². The molecule has 0 N–H and O–H groups in total. The second-order valence-electron chi connectivity index (χ2n) is 2.52. The van der Waals surface area contributed by atoms with E-state index in [1.807, 2.05) is 0 Å². The van der Waals surface area contributed by atoms with Gasteiger partial charge in [0.2, 0.25) is 8.03 Å². The summed E-state index contributed by atoms with van der Waals surface area (Å²) in [6.07, 6.45) is 0. The molecule has 0 heterocycles. The molecule has 1 aromatic carbocycles. The minimum absolute atomic E-state index is 0.0138. The van der Waals surface area contributed by atoms with Gasteiger partial charge in [0.25, 0.3) is 5.69 Å². The van der Waals surface area contributed by atoms with Crippen LogP contribution in [0, 0.1) is 10.1 Å². The topological polar surface area (TPSA) is 69.4 Å². The van der Waals surface area contributed by atoms with Crippen LogP contribution in [0.4, 0.5) is 5.69 Å². The van der Waals surface area contributed by atoms with Crippen molar-refractivity contribution in [2.24, 2.45) is 0 Å². The molecule has 76 valence electrons. The van der Waals surface area contributed by atoms with Gasteiger partial charge in [0.1, 0.15) is 0 Å². The van der Waals surface area contributed by atoms with Crippen LogP contribution in [0.5, 0.6) is 0 Å². The van der Waals surface area contributed by atoms with Crippen LogP contribution in [0.15, 0.2) is 24.3 Å². The fourth-order valence-electron chi connectivity index (χ4n) is 0.934. The number of benzene rings is 1. The molecule has 0 radical (unpaired) electrons. The van der Waals surface area contributed by atoms with Gasteiger partial charge in [-0.2, -0.15) is 0 Å². The third kappa shape index (κ3) is 2.65. The molecule has 1 aromatic rings. The smallest absolute Gasteiger partial charge is 0.269 e. The van der Waals surface area contributed by atoms with E-state index in [2.05, 4.69) is 0 Å². The number of hydrogen-bond donors (Lipinski definition) is 0. The molecule has 1 unspecified atom stereocenters. The summed E-state index contributed by atoms with van der Waals surface area (Å²) in [4.78, 5) is 9.81. The zero-order chi connectivity index (χ0) is 10.6. The SMILES string of the molecule is CCO[PH](=O)c1ccc([N+](=O)[O-])cc1. The first-order valence-corrected chi connectivity index (χ1v) is 5.38. The fraction of sp³-hybridized carbons (Fsp3) is 0.250. The summed E-state index contributed by atoms with van der Waals surface area (Å²) >= 11 is 0. The largest absolute Gasteiger partial charge is 0.328 e. The average molecular weight is 215 g/mol. The van der Waals surface area contributed by atoms with Crippen LogP contribution in [0.1, 0.15) is 6.92 Å². The molecule has 0 amide bonds. The molecular formula is C8H10NO4P. The number of non-ortho nitro benzene ring substituents is 1. The number of rotatable bonds is 4. The van der Waals surface area contributed by atoms with E-state index in [0.29, 0.717) is 11.9 Å². The third-order valence-corrected chi connectivity index (χ3v) is 2.94. The quantitative estimate of drug-likeness (QED) is 0.435. The van der Waals surface area contributed by atoms with E-state index in [1.54, 1.807) is 6.92 Å². The lowest BCUT2D eigenvalue weighted by atomic mass is 10.3. The van der Waals surface area contributed by atoms with Gasteiger partial charge in [-0.05, 0) is 19.1 Å².